The molecule has 0 aliphatic heterocycles. The number of hydrogen-bond acceptors (Lipinski definition) is 3. The number of aliphatic hydroxyl groups is 1. The predicted octanol–water partition coefficient (Wildman–Crippen LogP) is 2.04. The van der Waals surface area contributed by atoms with Gasteiger partial charge < -0.3 is 9.84 Å². The van der Waals surface area contributed by atoms with Gasteiger partial charge in [-0.15, -0.1) is 0 Å². The number of aryl methyl sites for hydroxylation is 1. The third kappa shape index (κ3) is 3.09. The van der Waals surface area contributed by atoms with Crippen molar-refractivity contribution in [2.45, 2.75) is 13.5 Å². The first-order valence-corrected chi connectivity index (χ1v) is 5.08. The van der Waals surface area contributed by atoms with E-state index in [2.05, 4.69) is 0 Å². The molecule has 0 aliphatic carbocycles. The van der Waals surface area contributed by atoms with E-state index in [-0.39, 0.29) is 6.73 Å². The summed E-state index contributed by atoms with van der Waals surface area (Å²) in [6, 6.07) is 3.78. The molecule has 0 amide bonds. The Hall–Kier alpha value is -0.770. The van der Waals surface area contributed by atoms with Crippen LogP contribution in [0.3, 0.4) is 0 Å². The highest BCUT2D eigenvalue weighted by Crippen LogP contribution is 2.27. The molecule has 0 atom stereocenters. The SMILES string of the molecule is COc1cc(C)c(Cl)cc1CN(C)CO. The molecule has 3 nitrogen and oxygen atoms in total. The van der Waals surface area contributed by atoms with Crippen molar-refractivity contribution in [1.82, 2.24) is 4.90 Å². The zero-order chi connectivity index (χ0) is 11.4. The van der Waals surface area contributed by atoms with Gasteiger partial charge in [0.15, 0.2) is 0 Å². The van der Waals surface area contributed by atoms with Crippen LogP contribution in [-0.4, -0.2) is 30.9 Å². The summed E-state index contributed by atoms with van der Waals surface area (Å²) in [6.07, 6.45) is 0. The summed E-state index contributed by atoms with van der Waals surface area (Å²) in [5.74, 6) is 0.803. The van der Waals surface area contributed by atoms with Crippen LogP contribution in [0.15, 0.2) is 12.1 Å². The van der Waals surface area contributed by atoms with E-state index in [1.807, 2.05) is 26.1 Å². The highest BCUT2D eigenvalue weighted by atomic mass is 35.5. The molecule has 1 aromatic carbocycles. The van der Waals surface area contributed by atoms with Gasteiger partial charge in [-0.1, -0.05) is 11.6 Å². The first-order valence-electron chi connectivity index (χ1n) is 4.71. The highest BCUT2D eigenvalue weighted by molar-refractivity contribution is 6.31. The van der Waals surface area contributed by atoms with Crippen molar-refractivity contribution in [2.75, 3.05) is 20.9 Å². The Kier molecular flexibility index (Phi) is 4.39. The van der Waals surface area contributed by atoms with Crippen molar-refractivity contribution in [3.05, 3.63) is 28.3 Å². The molecular weight excluding hydrogens is 214 g/mol. The van der Waals surface area contributed by atoms with Crippen LogP contribution in [0.1, 0.15) is 11.1 Å². The summed E-state index contributed by atoms with van der Waals surface area (Å²) in [4.78, 5) is 1.77. The fourth-order valence-corrected chi connectivity index (χ4v) is 1.54. The van der Waals surface area contributed by atoms with E-state index >= 15 is 0 Å². The molecule has 0 aromatic heterocycles. The maximum Gasteiger partial charge on any atom is 0.123 e. The normalized spacial score (nSPS) is 10.8. The van der Waals surface area contributed by atoms with Gasteiger partial charge in [0, 0.05) is 17.1 Å². The van der Waals surface area contributed by atoms with E-state index in [9.17, 15) is 0 Å². The predicted molar refractivity (Wildman–Crippen MR) is 61.3 cm³/mol. The fraction of sp³-hybridized carbons (Fsp3) is 0.455. The third-order valence-electron chi connectivity index (χ3n) is 2.24. The second-order valence-corrected chi connectivity index (χ2v) is 3.98. The number of benzene rings is 1. The average molecular weight is 230 g/mol. The molecule has 0 saturated heterocycles. The minimum atomic E-state index is 0.00858. The smallest absolute Gasteiger partial charge is 0.123 e. The molecule has 0 saturated carbocycles. The number of aliphatic hydroxyl groups excluding tert-OH is 1. The van der Waals surface area contributed by atoms with Gasteiger partial charge in [-0.25, -0.2) is 0 Å². The van der Waals surface area contributed by atoms with Crippen LogP contribution >= 0.6 is 11.6 Å². The lowest BCUT2D eigenvalue weighted by Gasteiger charge is -2.16. The molecule has 0 unspecified atom stereocenters. The largest absolute Gasteiger partial charge is 0.496 e. The lowest BCUT2D eigenvalue weighted by Crippen LogP contribution is -2.18. The first-order chi connectivity index (χ1) is 7.08. The van der Waals surface area contributed by atoms with Crippen LogP contribution in [0, 0.1) is 6.92 Å². The molecule has 15 heavy (non-hydrogen) atoms. The van der Waals surface area contributed by atoms with Gasteiger partial charge in [0.05, 0.1) is 13.8 Å². The number of methoxy groups -OCH3 is 1. The van der Waals surface area contributed by atoms with Crippen LogP contribution in [0.4, 0.5) is 0 Å². The van der Waals surface area contributed by atoms with E-state index in [1.54, 1.807) is 12.0 Å². The number of halogens is 1. The van der Waals surface area contributed by atoms with E-state index in [4.69, 9.17) is 21.4 Å². The van der Waals surface area contributed by atoms with Crippen LogP contribution in [0.25, 0.3) is 0 Å². The van der Waals surface area contributed by atoms with Gasteiger partial charge >= 0.3 is 0 Å². The Morgan fingerprint density at radius 3 is 2.67 bits per heavy atom. The Bertz CT molecular complexity index is 342. The molecule has 1 rings (SSSR count). The van der Waals surface area contributed by atoms with E-state index in [1.165, 1.54) is 0 Å². The summed E-state index contributed by atoms with van der Waals surface area (Å²) < 4.78 is 5.26. The standard InChI is InChI=1S/C11H16ClNO2/c1-8-4-11(15-3)9(5-10(8)12)6-13(2)7-14/h4-5,14H,6-7H2,1-3H3. The minimum absolute atomic E-state index is 0.00858. The quantitative estimate of drug-likeness (QED) is 0.803. The number of nitrogens with zero attached hydrogens (tertiary/aromatic N) is 1. The molecule has 0 heterocycles. The van der Waals surface area contributed by atoms with E-state index < -0.39 is 0 Å². The van der Waals surface area contributed by atoms with Gasteiger partial charge in [-0.3, -0.25) is 4.90 Å². The molecular formula is C11H16ClNO2. The van der Waals surface area contributed by atoms with Crippen LogP contribution < -0.4 is 4.74 Å². The number of rotatable bonds is 4. The zero-order valence-corrected chi connectivity index (χ0v) is 10.0. The molecule has 0 spiro atoms. The average Bonchev–Trinajstić information content (AvgIpc) is 2.22. The molecule has 84 valence electrons. The number of ether oxygens (including phenoxy) is 1. The lowest BCUT2D eigenvalue weighted by molar-refractivity contribution is 0.126. The third-order valence-corrected chi connectivity index (χ3v) is 2.65. The van der Waals surface area contributed by atoms with Crippen LogP contribution in [0.2, 0.25) is 5.02 Å². The van der Waals surface area contributed by atoms with Crippen molar-refractivity contribution in [2.24, 2.45) is 0 Å². The monoisotopic (exact) mass is 229 g/mol. The lowest BCUT2D eigenvalue weighted by atomic mass is 10.1. The van der Waals surface area contributed by atoms with Crippen LogP contribution in [0.5, 0.6) is 5.75 Å². The Labute approximate surface area is 95.2 Å². The maximum absolute atomic E-state index is 8.94. The van der Waals surface area contributed by atoms with Crippen molar-refractivity contribution in [3.8, 4) is 5.75 Å². The topological polar surface area (TPSA) is 32.7 Å². The minimum Gasteiger partial charge on any atom is -0.496 e. The van der Waals surface area contributed by atoms with Crippen LogP contribution in [-0.2, 0) is 6.54 Å². The first kappa shape index (κ1) is 12.3. The molecule has 0 radical (unpaired) electrons. The summed E-state index contributed by atoms with van der Waals surface area (Å²) >= 11 is 6.03. The highest BCUT2D eigenvalue weighted by Gasteiger charge is 2.08. The van der Waals surface area contributed by atoms with Crippen molar-refractivity contribution >= 4 is 11.6 Å². The summed E-state index contributed by atoms with van der Waals surface area (Å²) in [7, 11) is 3.46. The van der Waals surface area contributed by atoms with E-state index in [0.29, 0.717) is 6.54 Å². The molecule has 1 N–H and O–H groups in total. The van der Waals surface area contributed by atoms with Crippen molar-refractivity contribution in [1.29, 1.82) is 0 Å². The molecule has 0 aliphatic rings. The second-order valence-electron chi connectivity index (χ2n) is 3.57. The van der Waals surface area contributed by atoms with Crippen molar-refractivity contribution < 1.29 is 9.84 Å². The zero-order valence-electron chi connectivity index (χ0n) is 9.25. The van der Waals surface area contributed by atoms with Gasteiger partial charge in [-0.2, -0.15) is 0 Å². The molecule has 4 heteroatoms. The second kappa shape index (κ2) is 5.35. The van der Waals surface area contributed by atoms with Gasteiger partial charge in [-0.05, 0) is 31.7 Å². The van der Waals surface area contributed by atoms with Gasteiger partial charge in [0.25, 0.3) is 0 Å². The van der Waals surface area contributed by atoms with E-state index in [0.717, 1.165) is 21.9 Å². The Balaban J connectivity index is 2.99. The summed E-state index contributed by atoms with van der Waals surface area (Å²) in [5, 5.41) is 9.66. The summed E-state index contributed by atoms with van der Waals surface area (Å²) in [6.45, 7) is 2.55. The summed E-state index contributed by atoms with van der Waals surface area (Å²) in [5.41, 5.74) is 1.97. The fourth-order valence-electron chi connectivity index (χ4n) is 1.35. The Morgan fingerprint density at radius 2 is 2.13 bits per heavy atom. The van der Waals surface area contributed by atoms with Crippen molar-refractivity contribution in [3.63, 3.8) is 0 Å². The van der Waals surface area contributed by atoms with Gasteiger partial charge in [0.2, 0.25) is 0 Å². The maximum atomic E-state index is 8.94. The van der Waals surface area contributed by atoms with Gasteiger partial charge in [0.1, 0.15) is 5.75 Å². The molecule has 1 aromatic rings. The molecule has 0 fully saturated rings. The molecule has 0 bridgehead atoms. The Morgan fingerprint density at radius 1 is 1.47 bits per heavy atom. The number of hydrogen-bond donors (Lipinski definition) is 1.